The number of benzene rings is 2. The molecule has 3 rings (SSSR count). The maximum absolute atomic E-state index is 12.5. The number of nitrogens with zero attached hydrogens (tertiary/aromatic N) is 1. The van der Waals surface area contributed by atoms with Crippen molar-refractivity contribution in [2.45, 2.75) is 25.8 Å². The summed E-state index contributed by atoms with van der Waals surface area (Å²) in [7, 11) is 0. The third-order valence-corrected chi connectivity index (χ3v) is 4.49. The van der Waals surface area contributed by atoms with Gasteiger partial charge in [0, 0.05) is 30.3 Å². The second-order valence-electron chi connectivity index (χ2n) is 6.46. The second kappa shape index (κ2) is 7.38. The largest absolute Gasteiger partial charge is 0.508 e. The Bertz CT molecular complexity index is 780. The molecule has 0 aromatic heterocycles. The van der Waals surface area contributed by atoms with Crippen molar-refractivity contribution in [1.82, 2.24) is 10.2 Å². The van der Waals surface area contributed by atoms with Gasteiger partial charge >= 0.3 is 0 Å². The smallest absolute Gasteiger partial charge is 0.253 e. The highest BCUT2D eigenvalue weighted by Crippen LogP contribution is 2.17. The van der Waals surface area contributed by atoms with Crippen molar-refractivity contribution >= 4 is 11.8 Å². The summed E-state index contributed by atoms with van der Waals surface area (Å²) in [6.07, 6.45) is 1.45. The lowest BCUT2D eigenvalue weighted by Crippen LogP contribution is -2.46. The normalized spacial score (nSPS) is 15.0. The molecule has 0 bridgehead atoms. The molecule has 2 aromatic rings. The Morgan fingerprint density at radius 1 is 1.04 bits per heavy atom. The highest BCUT2D eigenvalue weighted by molar-refractivity contribution is 5.95. The average molecular weight is 338 g/mol. The number of amides is 2. The van der Waals surface area contributed by atoms with Crippen LogP contribution in [0.2, 0.25) is 0 Å². The Morgan fingerprint density at radius 3 is 2.40 bits per heavy atom. The molecule has 0 aliphatic carbocycles. The first-order valence-electron chi connectivity index (χ1n) is 8.49. The van der Waals surface area contributed by atoms with Crippen LogP contribution in [0, 0.1) is 6.92 Å². The Kier molecular flexibility index (Phi) is 5.03. The first-order chi connectivity index (χ1) is 12.0. The zero-order valence-corrected chi connectivity index (χ0v) is 14.2. The maximum Gasteiger partial charge on any atom is 0.253 e. The van der Waals surface area contributed by atoms with Gasteiger partial charge in [-0.2, -0.15) is 0 Å². The van der Waals surface area contributed by atoms with E-state index in [1.807, 2.05) is 31.2 Å². The molecule has 1 fully saturated rings. The molecule has 1 saturated heterocycles. The Labute approximate surface area is 147 Å². The van der Waals surface area contributed by atoms with Crippen LogP contribution in [0.15, 0.2) is 48.5 Å². The number of phenolic OH excluding ortho intramolecular Hbond substituents is 1. The van der Waals surface area contributed by atoms with Gasteiger partial charge < -0.3 is 15.3 Å². The molecule has 5 heteroatoms. The maximum atomic E-state index is 12.5. The Morgan fingerprint density at radius 2 is 1.72 bits per heavy atom. The van der Waals surface area contributed by atoms with Crippen molar-refractivity contribution < 1.29 is 14.7 Å². The van der Waals surface area contributed by atoms with Crippen LogP contribution in [-0.4, -0.2) is 41.0 Å². The lowest BCUT2D eigenvalue weighted by Gasteiger charge is -2.32. The van der Waals surface area contributed by atoms with Crippen LogP contribution in [0.4, 0.5) is 0 Å². The lowest BCUT2D eigenvalue weighted by atomic mass is 10.0. The van der Waals surface area contributed by atoms with Gasteiger partial charge in [0.1, 0.15) is 5.75 Å². The summed E-state index contributed by atoms with van der Waals surface area (Å²) >= 11 is 0. The zero-order valence-electron chi connectivity index (χ0n) is 14.2. The van der Waals surface area contributed by atoms with Crippen LogP contribution in [0.1, 0.15) is 39.1 Å². The zero-order chi connectivity index (χ0) is 17.8. The molecular formula is C20H22N2O3. The fraction of sp³-hybridized carbons (Fsp3) is 0.300. The summed E-state index contributed by atoms with van der Waals surface area (Å²) in [6.45, 7) is 3.14. The molecule has 1 heterocycles. The van der Waals surface area contributed by atoms with E-state index in [9.17, 15) is 14.7 Å². The van der Waals surface area contributed by atoms with E-state index in [0.29, 0.717) is 24.2 Å². The molecule has 25 heavy (non-hydrogen) atoms. The van der Waals surface area contributed by atoms with Gasteiger partial charge in [0.05, 0.1) is 0 Å². The molecule has 1 aliphatic heterocycles. The van der Waals surface area contributed by atoms with E-state index in [1.165, 1.54) is 6.07 Å². The summed E-state index contributed by atoms with van der Waals surface area (Å²) in [5.74, 6) is -0.0630. The molecule has 0 saturated carbocycles. The number of aryl methyl sites for hydroxylation is 1. The minimum absolute atomic E-state index is 0.0681. The van der Waals surface area contributed by atoms with Crippen LogP contribution < -0.4 is 5.32 Å². The van der Waals surface area contributed by atoms with Crippen molar-refractivity contribution in [2.75, 3.05) is 13.1 Å². The molecule has 2 amide bonds. The van der Waals surface area contributed by atoms with Gasteiger partial charge in [-0.1, -0.05) is 23.8 Å². The van der Waals surface area contributed by atoms with Crippen LogP contribution in [-0.2, 0) is 0 Å². The second-order valence-corrected chi connectivity index (χ2v) is 6.46. The minimum Gasteiger partial charge on any atom is -0.508 e. The number of likely N-dealkylation sites (tertiary alicyclic amines) is 1. The topological polar surface area (TPSA) is 69.6 Å². The molecule has 130 valence electrons. The highest BCUT2D eigenvalue weighted by atomic mass is 16.3. The minimum atomic E-state index is -0.0839. The number of piperidine rings is 1. The highest BCUT2D eigenvalue weighted by Gasteiger charge is 2.25. The number of hydrogen-bond donors (Lipinski definition) is 2. The number of aromatic hydroxyl groups is 1. The fourth-order valence-electron chi connectivity index (χ4n) is 3.10. The van der Waals surface area contributed by atoms with Gasteiger partial charge in [-0.3, -0.25) is 9.59 Å². The van der Waals surface area contributed by atoms with Crippen molar-refractivity contribution in [3.63, 3.8) is 0 Å². The fourth-order valence-corrected chi connectivity index (χ4v) is 3.10. The molecule has 5 nitrogen and oxygen atoms in total. The van der Waals surface area contributed by atoms with E-state index in [0.717, 1.165) is 18.4 Å². The monoisotopic (exact) mass is 338 g/mol. The first-order valence-corrected chi connectivity index (χ1v) is 8.49. The van der Waals surface area contributed by atoms with Crippen LogP contribution in [0.3, 0.4) is 0 Å². The summed E-state index contributed by atoms with van der Waals surface area (Å²) in [4.78, 5) is 26.6. The number of carbonyl (C=O) groups excluding carboxylic acids is 2. The Balaban J connectivity index is 1.55. The summed E-state index contributed by atoms with van der Waals surface area (Å²) < 4.78 is 0. The van der Waals surface area contributed by atoms with Gasteiger partial charge in [-0.15, -0.1) is 0 Å². The van der Waals surface area contributed by atoms with E-state index in [4.69, 9.17) is 0 Å². The number of carbonyl (C=O) groups is 2. The number of rotatable bonds is 3. The predicted molar refractivity (Wildman–Crippen MR) is 95.7 cm³/mol. The molecule has 2 aromatic carbocycles. The van der Waals surface area contributed by atoms with Gasteiger partial charge in [0.2, 0.25) is 0 Å². The first kappa shape index (κ1) is 17.0. The number of phenols is 1. The van der Waals surface area contributed by atoms with E-state index in [2.05, 4.69) is 5.32 Å². The molecular weight excluding hydrogens is 316 g/mol. The third kappa shape index (κ3) is 4.18. The van der Waals surface area contributed by atoms with Crippen molar-refractivity contribution in [3.8, 4) is 5.75 Å². The standard InChI is InChI=1S/C20H22N2O3/c1-14-4-2-5-15(12-14)19(24)21-17-8-10-22(11-9-17)20(25)16-6-3-7-18(23)13-16/h2-7,12-13,17,23H,8-11H2,1H3,(H,21,24). The number of hydrogen-bond acceptors (Lipinski definition) is 3. The van der Waals surface area contributed by atoms with Gasteiger partial charge in [0.15, 0.2) is 0 Å². The van der Waals surface area contributed by atoms with Crippen LogP contribution >= 0.6 is 0 Å². The van der Waals surface area contributed by atoms with E-state index in [-0.39, 0.29) is 23.6 Å². The molecule has 0 unspecified atom stereocenters. The van der Waals surface area contributed by atoms with Gasteiger partial charge in [0.25, 0.3) is 11.8 Å². The molecule has 1 aliphatic rings. The van der Waals surface area contributed by atoms with Crippen molar-refractivity contribution in [2.24, 2.45) is 0 Å². The van der Waals surface area contributed by atoms with Crippen LogP contribution in [0.5, 0.6) is 5.75 Å². The van der Waals surface area contributed by atoms with E-state index < -0.39 is 0 Å². The third-order valence-electron chi connectivity index (χ3n) is 4.49. The number of nitrogens with one attached hydrogen (secondary N) is 1. The molecule has 0 spiro atoms. The predicted octanol–water partition coefficient (Wildman–Crippen LogP) is 2.74. The summed E-state index contributed by atoms with van der Waals surface area (Å²) in [5.41, 5.74) is 2.21. The average Bonchev–Trinajstić information content (AvgIpc) is 2.62. The van der Waals surface area contributed by atoms with E-state index >= 15 is 0 Å². The molecule has 2 N–H and O–H groups in total. The Hall–Kier alpha value is -2.82. The summed E-state index contributed by atoms with van der Waals surface area (Å²) in [5, 5.41) is 12.6. The summed E-state index contributed by atoms with van der Waals surface area (Å²) in [6, 6.07) is 14.0. The molecule has 0 atom stereocenters. The lowest BCUT2D eigenvalue weighted by molar-refractivity contribution is 0.0697. The van der Waals surface area contributed by atoms with Gasteiger partial charge in [-0.25, -0.2) is 0 Å². The molecule has 0 radical (unpaired) electrons. The van der Waals surface area contributed by atoms with E-state index in [1.54, 1.807) is 23.1 Å². The van der Waals surface area contributed by atoms with Crippen molar-refractivity contribution in [3.05, 3.63) is 65.2 Å². The van der Waals surface area contributed by atoms with Crippen LogP contribution in [0.25, 0.3) is 0 Å². The quantitative estimate of drug-likeness (QED) is 0.904. The van der Waals surface area contributed by atoms with Crippen molar-refractivity contribution in [1.29, 1.82) is 0 Å². The van der Waals surface area contributed by atoms with Gasteiger partial charge in [-0.05, 0) is 50.1 Å². The SMILES string of the molecule is Cc1cccc(C(=O)NC2CCN(C(=O)c3cccc(O)c3)CC2)c1.